The topological polar surface area (TPSA) is 114 Å². The van der Waals surface area contributed by atoms with Gasteiger partial charge in [-0.25, -0.2) is 4.98 Å². The fourth-order valence-corrected chi connectivity index (χ4v) is 3.62. The van der Waals surface area contributed by atoms with Crippen molar-refractivity contribution >= 4 is 39.1 Å². The number of hydrogen-bond donors (Lipinski definition) is 2. The van der Waals surface area contributed by atoms with E-state index in [-0.39, 0.29) is 23.6 Å². The molecule has 0 unspecified atom stereocenters. The lowest BCUT2D eigenvalue weighted by molar-refractivity contribution is -0.384. The number of hydrazine groups is 1. The fourth-order valence-electron chi connectivity index (χ4n) is 2.61. The molecule has 3 aromatic rings. The Kier molecular flexibility index (Phi) is 6.28. The molecule has 0 radical (unpaired) electrons. The van der Waals surface area contributed by atoms with Gasteiger partial charge in [-0.1, -0.05) is 18.2 Å². The lowest BCUT2D eigenvalue weighted by Gasteiger charge is -2.07. The number of nitrogens with one attached hydrogen (secondary N) is 2. The minimum Gasteiger partial charge on any atom is -0.273 e. The summed E-state index contributed by atoms with van der Waals surface area (Å²) >= 11 is 1.65. The average Bonchev–Trinajstić information content (AvgIpc) is 3.12. The molecule has 9 heteroatoms. The molecule has 0 spiro atoms. The van der Waals surface area contributed by atoms with Crippen LogP contribution in [-0.2, 0) is 11.2 Å². The van der Waals surface area contributed by atoms with E-state index in [0.717, 1.165) is 34.1 Å². The van der Waals surface area contributed by atoms with Gasteiger partial charge in [-0.15, -0.1) is 11.3 Å². The van der Waals surface area contributed by atoms with Gasteiger partial charge in [0.2, 0.25) is 5.91 Å². The highest BCUT2D eigenvalue weighted by atomic mass is 32.1. The van der Waals surface area contributed by atoms with Gasteiger partial charge in [0.15, 0.2) is 0 Å². The van der Waals surface area contributed by atoms with E-state index in [1.807, 2.05) is 24.3 Å². The number of aromatic nitrogens is 1. The number of fused-ring (bicyclic) bond motifs is 1. The number of amides is 2. The molecule has 0 saturated heterocycles. The summed E-state index contributed by atoms with van der Waals surface area (Å²) in [7, 11) is 0. The van der Waals surface area contributed by atoms with E-state index in [1.54, 1.807) is 11.3 Å². The molecule has 2 aromatic carbocycles. The van der Waals surface area contributed by atoms with Gasteiger partial charge in [-0.2, -0.15) is 0 Å². The minimum absolute atomic E-state index is 0.102. The molecular formula is C19H18N4O4S. The van der Waals surface area contributed by atoms with Gasteiger partial charge in [0.05, 0.1) is 20.1 Å². The van der Waals surface area contributed by atoms with E-state index in [0.29, 0.717) is 6.42 Å². The largest absolute Gasteiger partial charge is 0.273 e. The van der Waals surface area contributed by atoms with Crippen LogP contribution in [0.3, 0.4) is 0 Å². The fraction of sp³-hybridized carbons (Fsp3) is 0.211. The van der Waals surface area contributed by atoms with Gasteiger partial charge in [0, 0.05) is 24.1 Å². The molecule has 0 aliphatic heterocycles. The number of nitro benzene ring substituents is 1. The van der Waals surface area contributed by atoms with E-state index in [1.165, 1.54) is 18.2 Å². The molecule has 8 nitrogen and oxygen atoms in total. The third-order valence-electron chi connectivity index (χ3n) is 4.02. The highest BCUT2D eigenvalue weighted by Crippen LogP contribution is 2.22. The van der Waals surface area contributed by atoms with E-state index >= 15 is 0 Å². The molecule has 144 valence electrons. The molecule has 2 amide bonds. The second-order valence-electron chi connectivity index (χ2n) is 6.09. The molecule has 2 N–H and O–H groups in total. The van der Waals surface area contributed by atoms with Gasteiger partial charge >= 0.3 is 0 Å². The standard InChI is InChI=1S/C19H18N4O4S/c24-17(21-22-19(25)13-6-5-7-14(12-13)23(26)27)10-3-4-11-18-20-15-8-1-2-9-16(15)28-18/h1-2,5-9,12H,3-4,10-11H2,(H,21,24)(H,22,25). The van der Waals surface area contributed by atoms with Gasteiger partial charge < -0.3 is 0 Å². The third-order valence-corrected chi connectivity index (χ3v) is 5.11. The molecule has 28 heavy (non-hydrogen) atoms. The van der Waals surface area contributed by atoms with Crippen molar-refractivity contribution in [3.8, 4) is 0 Å². The smallest absolute Gasteiger partial charge is 0.270 e. The normalized spacial score (nSPS) is 10.6. The number of nitro groups is 1. The zero-order chi connectivity index (χ0) is 19.9. The quantitative estimate of drug-likeness (QED) is 0.360. The SMILES string of the molecule is O=C(CCCCc1nc2ccccc2s1)NNC(=O)c1cccc([N+](=O)[O-])c1. The van der Waals surface area contributed by atoms with Crippen LogP contribution in [0.15, 0.2) is 48.5 Å². The van der Waals surface area contributed by atoms with Crippen LogP contribution in [0.2, 0.25) is 0 Å². The van der Waals surface area contributed by atoms with Crippen LogP contribution in [0.1, 0.15) is 34.6 Å². The Bertz CT molecular complexity index is 985. The number of hydrogen-bond acceptors (Lipinski definition) is 6. The number of unbranched alkanes of at least 4 members (excludes halogenated alkanes) is 1. The van der Waals surface area contributed by atoms with E-state index in [2.05, 4.69) is 15.8 Å². The number of carbonyl (C=O) groups excluding carboxylic acids is 2. The van der Waals surface area contributed by atoms with Crippen LogP contribution in [0.25, 0.3) is 10.2 Å². The van der Waals surface area contributed by atoms with Crippen molar-refractivity contribution in [2.24, 2.45) is 0 Å². The minimum atomic E-state index is -0.605. The van der Waals surface area contributed by atoms with Crippen molar-refractivity contribution < 1.29 is 14.5 Å². The van der Waals surface area contributed by atoms with Gasteiger partial charge in [-0.3, -0.25) is 30.6 Å². The van der Waals surface area contributed by atoms with Crippen LogP contribution in [0.4, 0.5) is 5.69 Å². The number of non-ortho nitro benzene ring substituents is 1. The Hall–Kier alpha value is -3.33. The van der Waals surface area contributed by atoms with Crippen LogP contribution in [-0.4, -0.2) is 21.7 Å². The molecule has 0 bridgehead atoms. The average molecular weight is 398 g/mol. The highest BCUT2D eigenvalue weighted by Gasteiger charge is 2.12. The molecule has 1 aromatic heterocycles. The number of benzene rings is 2. The van der Waals surface area contributed by atoms with Crippen molar-refractivity contribution in [3.63, 3.8) is 0 Å². The third kappa shape index (κ3) is 5.10. The van der Waals surface area contributed by atoms with Crippen LogP contribution in [0.5, 0.6) is 0 Å². The molecule has 3 rings (SSSR count). The first-order chi connectivity index (χ1) is 13.5. The zero-order valence-corrected chi connectivity index (χ0v) is 15.7. The Morgan fingerprint density at radius 2 is 1.89 bits per heavy atom. The maximum Gasteiger partial charge on any atom is 0.270 e. The molecular weight excluding hydrogens is 380 g/mol. The first-order valence-electron chi connectivity index (χ1n) is 8.71. The van der Waals surface area contributed by atoms with Crippen LogP contribution < -0.4 is 10.9 Å². The molecule has 1 heterocycles. The number of aryl methyl sites for hydroxylation is 1. The first kappa shape index (κ1) is 19.4. The second-order valence-corrected chi connectivity index (χ2v) is 7.21. The summed E-state index contributed by atoms with van der Waals surface area (Å²) in [6.45, 7) is 0. The Balaban J connectivity index is 1.39. The summed E-state index contributed by atoms with van der Waals surface area (Å²) in [5.74, 6) is -0.922. The van der Waals surface area contributed by atoms with Crippen molar-refractivity contribution in [1.29, 1.82) is 0 Å². The number of rotatable bonds is 7. The van der Waals surface area contributed by atoms with Gasteiger partial charge in [-0.05, 0) is 37.5 Å². The lowest BCUT2D eigenvalue weighted by Crippen LogP contribution is -2.41. The van der Waals surface area contributed by atoms with E-state index in [9.17, 15) is 19.7 Å². The van der Waals surface area contributed by atoms with Crippen molar-refractivity contribution in [3.05, 3.63) is 69.2 Å². The summed E-state index contributed by atoms with van der Waals surface area (Å²) in [4.78, 5) is 38.5. The second kappa shape index (κ2) is 9.05. The van der Waals surface area contributed by atoms with Crippen molar-refractivity contribution in [1.82, 2.24) is 15.8 Å². The molecule has 0 aliphatic rings. The Labute approximate surface area is 164 Å². The number of carbonyl (C=O) groups is 2. The summed E-state index contributed by atoms with van der Waals surface area (Å²) in [5, 5.41) is 11.8. The van der Waals surface area contributed by atoms with Crippen LogP contribution in [0, 0.1) is 10.1 Å². The first-order valence-corrected chi connectivity index (χ1v) is 9.52. The Morgan fingerprint density at radius 1 is 1.07 bits per heavy atom. The zero-order valence-electron chi connectivity index (χ0n) is 14.9. The van der Waals surface area contributed by atoms with Crippen molar-refractivity contribution in [2.75, 3.05) is 0 Å². The number of para-hydroxylation sites is 1. The van der Waals surface area contributed by atoms with Gasteiger partial charge in [0.1, 0.15) is 0 Å². The van der Waals surface area contributed by atoms with Gasteiger partial charge in [0.25, 0.3) is 11.6 Å². The maximum absolute atomic E-state index is 12.0. The lowest BCUT2D eigenvalue weighted by atomic mass is 10.2. The van der Waals surface area contributed by atoms with E-state index < -0.39 is 10.8 Å². The van der Waals surface area contributed by atoms with Crippen molar-refractivity contribution in [2.45, 2.75) is 25.7 Å². The highest BCUT2D eigenvalue weighted by molar-refractivity contribution is 7.18. The molecule has 0 fully saturated rings. The predicted octanol–water partition coefficient (Wildman–Crippen LogP) is 3.38. The Morgan fingerprint density at radius 3 is 2.68 bits per heavy atom. The van der Waals surface area contributed by atoms with Crippen LogP contribution >= 0.6 is 11.3 Å². The number of thiazole rings is 1. The number of nitrogens with zero attached hydrogens (tertiary/aromatic N) is 2. The summed E-state index contributed by atoms with van der Waals surface area (Å²) in [6.07, 6.45) is 2.54. The molecule has 0 aliphatic carbocycles. The maximum atomic E-state index is 12.0. The monoisotopic (exact) mass is 398 g/mol. The van der Waals surface area contributed by atoms with E-state index in [4.69, 9.17) is 0 Å². The summed E-state index contributed by atoms with van der Waals surface area (Å²) in [5.41, 5.74) is 5.50. The molecule has 0 atom stereocenters. The molecule has 0 saturated carbocycles. The summed E-state index contributed by atoms with van der Waals surface area (Å²) in [6, 6.07) is 13.2. The summed E-state index contributed by atoms with van der Waals surface area (Å²) < 4.78 is 1.15. The predicted molar refractivity (Wildman–Crippen MR) is 106 cm³/mol.